The van der Waals surface area contributed by atoms with Crippen molar-refractivity contribution in [2.45, 2.75) is 25.7 Å². The summed E-state index contributed by atoms with van der Waals surface area (Å²) in [6, 6.07) is 12.7. The predicted octanol–water partition coefficient (Wildman–Crippen LogP) is 4.87. The van der Waals surface area contributed by atoms with E-state index in [1.165, 1.54) is 24.8 Å². The van der Waals surface area contributed by atoms with E-state index in [2.05, 4.69) is 73.8 Å². The molecule has 4 nitrogen and oxygen atoms in total. The van der Waals surface area contributed by atoms with Crippen molar-refractivity contribution in [2.24, 2.45) is 5.41 Å². The van der Waals surface area contributed by atoms with Crippen LogP contribution in [-0.2, 0) is 6.42 Å². The topological polar surface area (TPSA) is 42.2 Å². The monoisotopic (exact) mass is 396 g/mol. The smallest absolute Gasteiger partial charge is 0.171 e. The molecule has 2 aromatic heterocycles. The molecule has 1 unspecified atom stereocenters. The van der Waals surface area contributed by atoms with Crippen LogP contribution in [0.4, 0.5) is 5.82 Å². The number of fused-ring (bicyclic) bond motifs is 1. The molecule has 1 N–H and O–H groups in total. The summed E-state index contributed by atoms with van der Waals surface area (Å²) < 4.78 is 2.68. The van der Waals surface area contributed by atoms with Crippen molar-refractivity contribution >= 4 is 27.4 Å². The summed E-state index contributed by atoms with van der Waals surface area (Å²) in [6.45, 7) is 0.882. The van der Waals surface area contributed by atoms with E-state index in [0.717, 1.165) is 28.9 Å². The number of halogens is 1. The lowest BCUT2D eigenvalue weighted by atomic mass is 9.74. The molecule has 1 aliphatic rings. The number of hydrogen-bond donors (Lipinski definition) is 1. The van der Waals surface area contributed by atoms with Crippen molar-refractivity contribution in [1.29, 1.82) is 0 Å². The highest BCUT2D eigenvalue weighted by Gasteiger charge is 2.29. The summed E-state index contributed by atoms with van der Waals surface area (Å²) >= 11 is 3.50. The standard InChI is InChI=1S/C20H21BrN4/c21-17-14-23-25-12-9-18(24-19(17)25)22-15-20(10-5-2-6-11-20)13-16-7-3-1-4-8-16/h1,3-5,7-10,12,14H,2,6,11,13,15H2,(H,22,24). The Hall–Kier alpha value is -2.14. The van der Waals surface area contributed by atoms with E-state index in [1.54, 1.807) is 10.7 Å². The molecule has 25 heavy (non-hydrogen) atoms. The van der Waals surface area contributed by atoms with Crippen LogP contribution in [0.25, 0.3) is 5.65 Å². The molecule has 0 saturated carbocycles. The minimum atomic E-state index is 0.144. The van der Waals surface area contributed by atoms with Gasteiger partial charge in [-0.25, -0.2) is 9.50 Å². The van der Waals surface area contributed by atoms with Gasteiger partial charge >= 0.3 is 0 Å². The number of nitrogens with zero attached hydrogens (tertiary/aromatic N) is 3. The average molecular weight is 397 g/mol. The molecule has 0 saturated heterocycles. The molecule has 0 amide bonds. The maximum absolute atomic E-state index is 4.68. The van der Waals surface area contributed by atoms with Crippen molar-refractivity contribution in [3.05, 3.63) is 71.0 Å². The van der Waals surface area contributed by atoms with Crippen molar-refractivity contribution in [2.75, 3.05) is 11.9 Å². The van der Waals surface area contributed by atoms with Crippen LogP contribution < -0.4 is 5.32 Å². The molecular formula is C20H21BrN4. The van der Waals surface area contributed by atoms with Gasteiger partial charge in [-0.3, -0.25) is 0 Å². The molecule has 3 aromatic rings. The Bertz CT molecular complexity index is 887. The number of anilines is 1. The van der Waals surface area contributed by atoms with Gasteiger partial charge in [-0.05, 0) is 53.2 Å². The summed E-state index contributed by atoms with van der Waals surface area (Å²) in [5.74, 6) is 0.889. The highest BCUT2D eigenvalue weighted by atomic mass is 79.9. The number of benzene rings is 1. The third-order valence-corrected chi connectivity index (χ3v) is 5.42. The van der Waals surface area contributed by atoms with Crippen molar-refractivity contribution in [1.82, 2.24) is 14.6 Å². The lowest BCUT2D eigenvalue weighted by Gasteiger charge is -2.34. The lowest BCUT2D eigenvalue weighted by molar-refractivity contribution is 0.345. The van der Waals surface area contributed by atoms with Crippen LogP contribution in [0.5, 0.6) is 0 Å². The number of allylic oxidation sites excluding steroid dienone is 1. The molecule has 0 fully saturated rings. The summed E-state index contributed by atoms with van der Waals surface area (Å²) in [4.78, 5) is 4.68. The van der Waals surface area contributed by atoms with Gasteiger partial charge in [-0.1, -0.05) is 42.5 Å². The van der Waals surface area contributed by atoms with Gasteiger partial charge in [0.25, 0.3) is 0 Å². The zero-order valence-electron chi connectivity index (χ0n) is 14.0. The Balaban J connectivity index is 1.55. The molecule has 1 aliphatic carbocycles. The number of aromatic nitrogens is 3. The Morgan fingerprint density at radius 3 is 2.88 bits per heavy atom. The van der Waals surface area contributed by atoms with Gasteiger partial charge in [-0.15, -0.1) is 0 Å². The summed E-state index contributed by atoms with van der Waals surface area (Å²) in [5.41, 5.74) is 2.37. The largest absolute Gasteiger partial charge is 0.369 e. The molecule has 0 radical (unpaired) electrons. The molecule has 0 aliphatic heterocycles. The SMILES string of the molecule is Brc1cnn2ccc(NCC3(Cc4ccccc4)C=CCCC3)nc12. The Kier molecular flexibility index (Phi) is 4.57. The second-order valence-corrected chi connectivity index (χ2v) is 7.60. The normalized spacial score (nSPS) is 20.0. The van der Waals surface area contributed by atoms with Crippen LogP contribution in [0.15, 0.2) is 65.4 Å². The molecule has 1 aromatic carbocycles. The van der Waals surface area contributed by atoms with E-state index in [4.69, 9.17) is 0 Å². The summed E-state index contributed by atoms with van der Waals surface area (Å²) in [6.07, 6.45) is 13.1. The van der Waals surface area contributed by atoms with E-state index in [9.17, 15) is 0 Å². The molecule has 1 atom stereocenters. The molecule has 5 heteroatoms. The quantitative estimate of drug-likeness (QED) is 0.625. The summed E-state index contributed by atoms with van der Waals surface area (Å²) in [7, 11) is 0. The minimum Gasteiger partial charge on any atom is -0.369 e. The fourth-order valence-electron chi connectivity index (χ4n) is 3.55. The Labute approximate surface area is 156 Å². The van der Waals surface area contributed by atoms with Crippen LogP contribution in [0, 0.1) is 5.41 Å². The fourth-order valence-corrected chi connectivity index (χ4v) is 3.92. The molecule has 0 spiro atoms. The minimum absolute atomic E-state index is 0.144. The van der Waals surface area contributed by atoms with Crippen molar-refractivity contribution in [3.63, 3.8) is 0 Å². The van der Waals surface area contributed by atoms with Gasteiger partial charge in [0.2, 0.25) is 0 Å². The van der Waals surface area contributed by atoms with Gasteiger partial charge in [0.05, 0.1) is 10.7 Å². The third-order valence-electron chi connectivity index (χ3n) is 4.86. The van der Waals surface area contributed by atoms with Gasteiger partial charge in [0.1, 0.15) is 5.82 Å². The number of hydrogen-bond acceptors (Lipinski definition) is 3. The Morgan fingerprint density at radius 1 is 1.20 bits per heavy atom. The van der Waals surface area contributed by atoms with Crippen LogP contribution in [0.3, 0.4) is 0 Å². The van der Waals surface area contributed by atoms with E-state index in [1.807, 2.05) is 12.3 Å². The number of nitrogens with one attached hydrogen (secondary N) is 1. The highest BCUT2D eigenvalue weighted by molar-refractivity contribution is 9.10. The van der Waals surface area contributed by atoms with E-state index >= 15 is 0 Å². The first-order valence-corrected chi connectivity index (χ1v) is 9.49. The highest BCUT2D eigenvalue weighted by Crippen LogP contribution is 2.35. The molecule has 128 valence electrons. The van der Waals surface area contributed by atoms with Crippen molar-refractivity contribution in [3.8, 4) is 0 Å². The first-order valence-electron chi connectivity index (χ1n) is 8.70. The maximum atomic E-state index is 4.68. The summed E-state index contributed by atoms with van der Waals surface area (Å²) in [5, 5.41) is 7.81. The molecular weight excluding hydrogens is 376 g/mol. The van der Waals surface area contributed by atoms with Crippen LogP contribution in [0.2, 0.25) is 0 Å². The molecule has 2 heterocycles. The van der Waals surface area contributed by atoms with Gasteiger partial charge < -0.3 is 5.32 Å². The predicted molar refractivity (Wildman–Crippen MR) is 105 cm³/mol. The van der Waals surface area contributed by atoms with Crippen LogP contribution in [-0.4, -0.2) is 21.1 Å². The molecule has 4 rings (SSSR count). The van der Waals surface area contributed by atoms with Gasteiger partial charge in [-0.2, -0.15) is 5.10 Å². The van der Waals surface area contributed by atoms with E-state index < -0.39 is 0 Å². The maximum Gasteiger partial charge on any atom is 0.171 e. The van der Waals surface area contributed by atoms with Crippen LogP contribution in [0.1, 0.15) is 24.8 Å². The zero-order valence-corrected chi connectivity index (χ0v) is 15.6. The Morgan fingerprint density at radius 2 is 2.08 bits per heavy atom. The molecule has 0 bridgehead atoms. The van der Waals surface area contributed by atoms with E-state index in [-0.39, 0.29) is 5.41 Å². The lowest BCUT2D eigenvalue weighted by Crippen LogP contribution is -2.32. The third kappa shape index (κ3) is 3.61. The zero-order chi connectivity index (χ0) is 17.1. The average Bonchev–Trinajstić information content (AvgIpc) is 3.02. The van der Waals surface area contributed by atoms with Gasteiger partial charge in [0, 0.05) is 18.2 Å². The van der Waals surface area contributed by atoms with Crippen LogP contribution >= 0.6 is 15.9 Å². The first kappa shape index (κ1) is 16.3. The van der Waals surface area contributed by atoms with E-state index in [0.29, 0.717) is 0 Å². The van der Waals surface area contributed by atoms with Crippen molar-refractivity contribution < 1.29 is 0 Å². The van der Waals surface area contributed by atoms with Gasteiger partial charge in [0.15, 0.2) is 5.65 Å². The second-order valence-electron chi connectivity index (χ2n) is 6.75. The number of rotatable bonds is 5. The first-order chi connectivity index (χ1) is 12.2. The second kappa shape index (κ2) is 7.00. The fraction of sp³-hybridized carbons (Fsp3) is 0.300.